The Balaban J connectivity index is 2.07. The van der Waals surface area contributed by atoms with Gasteiger partial charge in [0.05, 0.1) is 13.2 Å². The molecule has 0 saturated heterocycles. The molecule has 0 unspecified atom stereocenters. The van der Waals surface area contributed by atoms with Crippen molar-refractivity contribution in [2.24, 2.45) is 0 Å². The normalized spacial score (nSPS) is 10.7. The van der Waals surface area contributed by atoms with Gasteiger partial charge in [-0.1, -0.05) is 12.1 Å². The first kappa shape index (κ1) is 20.0. The Hall–Kier alpha value is -3.28. The summed E-state index contributed by atoms with van der Waals surface area (Å²) in [7, 11) is 3.13. The fourth-order valence-electron chi connectivity index (χ4n) is 2.38. The van der Waals surface area contributed by atoms with Crippen LogP contribution in [0.4, 0.5) is 5.69 Å². The summed E-state index contributed by atoms with van der Waals surface area (Å²) in [6, 6.07) is 12.2. The predicted octanol–water partition coefficient (Wildman–Crippen LogP) is 3.49. The van der Waals surface area contributed by atoms with Crippen LogP contribution in [0, 0.1) is 0 Å². The highest BCUT2D eigenvalue weighted by Crippen LogP contribution is 2.29. The minimum Gasteiger partial charge on any atom is -0.493 e. The zero-order valence-corrected chi connectivity index (χ0v) is 15.9. The number of hydrogen-bond donors (Lipinski definition) is 2. The minimum atomic E-state index is -0.300. The third kappa shape index (κ3) is 5.88. The number of carbonyl (C=O) groups is 2. The zero-order valence-electron chi connectivity index (χ0n) is 15.9. The maximum absolute atomic E-state index is 12.1. The number of benzene rings is 2. The van der Waals surface area contributed by atoms with Crippen LogP contribution in [0.1, 0.15) is 29.8 Å². The van der Waals surface area contributed by atoms with Crippen molar-refractivity contribution in [1.82, 2.24) is 5.32 Å². The van der Waals surface area contributed by atoms with Crippen molar-refractivity contribution in [3.05, 3.63) is 59.7 Å². The quantitative estimate of drug-likeness (QED) is 0.734. The molecule has 2 rings (SSSR count). The van der Waals surface area contributed by atoms with Gasteiger partial charge in [0.1, 0.15) is 0 Å². The molecule has 0 bridgehead atoms. The van der Waals surface area contributed by atoms with Crippen LogP contribution in [-0.2, 0) is 4.79 Å². The molecule has 0 aliphatic rings. The molecule has 2 aromatic carbocycles. The van der Waals surface area contributed by atoms with Crippen LogP contribution in [0.25, 0.3) is 6.08 Å². The van der Waals surface area contributed by atoms with E-state index < -0.39 is 0 Å². The molecule has 0 aliphatic heterocycles. The van der Waals surface area contributed by atoms with Gasteiger partial charge in [-0.25, -0.2) is 0 Å². The standard InChI is InChI=1S/C21H24N2O4/c1-14(2)27-18-10-8-15(12-19(18)26-4)9-11-20(24)23-17-7-5-6-16(13-17)21(25)22-3/h5-14H,1-4H3,(H,22,25)(H,23,24)/b11-9+. The van der Waals surface area contributed by atoms with E-state index in [2.05, 4.69) is 10.6 Å². The Bertz CT molecular complexity index is 844. The van der Waals surface area contributed by atoms with Gasteiger partial charge >= 0.3 is 0 Å². The molecule has 0 heterocycles. The van der Waals surface area contributed by atoms with Crippen LogP contribution in [0.15, 0.2) is 48.5 Å². The predicted molar refractivity (Wildman–Crippen MR) is 106 cm³/mol. The summed E-state index contributed by atoms with van der Waals surface area (Å²) in [5.41, 5.74) is 1.82. The SMILES string of the molecule is CNC(=O)c1cccc(NC(=O)/C=C/c2ccc(OC(C)C)c(OC)c2)c1. The van der Waals surface area contributed by atoms with Crippen molar-refractivity contribution >= 4 is 23.6 Å². The molecule has 6 heteroatoms. The summed E-state index contributed by atoms with van der Waals surface area (Å²) < 4.78 is 11.0. The lowest BCUT2D eigenvalue weighted by atomic mass is 10.1. The van der Waals surface area contributed by atoms with Gasteiger partial charge in [0.15, 0.2) is 11.5 Å². The summed E-state index contributed by atoms with van der Waals surface area (Å²) >= 11 is 0. The topological polar surface area (TPSA) is 76.7 Å². The zero-order chi connectivity index (χ0) is 19.8. The van der Waals surface area contributed by atoms with Crippen LogP contribution in [-0.4, -0.2) is 32.1 Å². The fraction of sp³-hybridized carbons (Fsp3) is 0.238. The molecule has 27 heavy (non-hydrogen) atoms. The molecule has 2 amide bonds. The number of nitrogens with one attached hydrogen (secondary N) is 2. The van der Waals surface area contributed by atoms with Gasteiger partial charge in [0.2, 0.25) is 5.91 Å². The van der Waals surface area contributed by atoms with Crippen LogP contribution in [0.5, 0.6) is 11.5 Å². The van der Waals surface area contributed by atoms with Crippen molar-refractivity contribution < 1.29 is 19.1 Å². The highest BCUT2D eigenvalue weighted by atomic mass is 16.5. The third-order valence-corrected chi connectivity index (χ3v) is 3.60. The number of ether oxygens (including phenoxy) is 2. The third-order valence-electron chi connectivity index (χ3n) is 3.60. The number of rotatable bonds is 7. The first-order chi connectivity index (χ1) is 12.9. The van der Waals surface area contributed by atoms with E-state index in [9.17, 15) is 9.59 Å². The Kier molecular flexibility index (Phi) is 7.00. The number of amides is 2. The smallest absolute Gasteiger partial charge is 0.251 e. The van der Waals surface area contributed by atoms with Gasteiger partial charge in [-0.2, -0.15) is 0 Å². The maximum Gasteiger partial charge on any atom is 0.251 e. The van der Waals surface area contributed by atoms with Crippen LogP contribution >= 0.6 is 0 Å². The Labute approximate surface area is 159 Å². The van der Waals surface area contributed by atoms with E-state index in [1.807, 2.05) is 26.0 Å². The molecule has 2 aromatic rings. The molecule has 0 radical (unpaired) electrons. The second-order valence-corrected chi connectivity index (χ2v) is 6.06. The average Bonchev–Trinajstić information content (AvgIpc) is 2.66. The van der Waals surface area contributed by atoms with Gasteiger partial charge in [-0.15, -0.1) is 0 Å². The molecular weight excluding hydrogens is 344 g/mol. The molecule has 0 aliphatic carbocycles. The highest BCUT2D eigenvalue weighted by Gasteiger charge is 2.07. The number of hydrogen-bond acceptors (Lipinski definition) is 4. The van der Waals surface area contributed by atoms with Crippen molar-refractivity contribution in [2.75, 3.05) is 19.5 Å². The summed E-state index contributed by atoms with van der Waals surface area (Å²) in [5.74, 6) is 0.743. The van der Waals surface area contributed by atoms with E-state index in [4.69, 9.17) is 9.47 Å². The van der Waals surface area contributed by atoms with Gasteiger partial charge in [0.25, 0.3) is 5.91 Å². The first-order valence-corrected chi connectivity index (χ1v) is 8.59. The van der Waals surface area contributed by atoms with Gasteiger partial charge in [0, 0.05) is 24.4 Å². The van der Waals surface area contributed by atoms with E-state index in [-0.39, 0.29) is 17.9 Å². The summed E-state index contributed by atoms with van der Waals surface area (Å²) in [6.07, 6.45) is 3.14. The van der Waals surface area contributed by atoms with Crippen LogP contribution in [0.3, 0.4) is 0 Å². The van der Waals surface area contributed by atoms with Crippen LogP contribution in [0.2, 0.25) is 0 Å². The lowest BCUT2D eigenvalue weighted by Gasteiger charge is -2.13. The lowest BCUT2D eigenvalue weighted by Crippen LogP contribution is -2.18. The van der Waals surface area contributed by atoms with Gasteiger partial charge in [-0.05, 0) is 55.8 Å². The first-order valence-electron chi connectivity index (χ1n) is 8.59. The molecule has 0 atom stereocenters. The monoisotopic (exact) mass is 368 g/mol. The van der Waals surface area contributed by atoms with Gasteiger partial charge in [-0.3, -0.25) is 9.59 Å². The second-order valence-electron chi connectivity index (χ2n) is 6.06. The van der Waals surface area contributed by atoms with Gasteiger partial charge < -0.3 is 20.1 Å². The molecule has 0 fully saturated rings. The largest absolute Gasteiger partial charge is 0.493 e. The summed E-state index contributed by atoms with van der Waals surface area (Å²) in [5, 5.41) is 5.28. The fourth-order valence-corrected chi connectivity index (χ4v) is 2.38. The molecule has 142 valence electrons. The van der Waals surface area contributed by atoms with E-state index in [0.29, 0.717) is 22.7 Å². The molecule has 0 saturated carbocycles. The van der Waals surface area contributed by atoms with Crippen molar-refractivity contribution in [2.45, 2.75) is 20.0 Å². The van der Waals surface area contributed by atoms with Crippen LogP contribution < -0.4 is 20.1 Å². The lowest BCUT2D eigenvalue weighted by molar-refractivity contribution is -0.111. The van der Waals surface area contributed by atoms with Crippen molar-refractivity contribution in [3.8, 4) is 11.5 Å². The minimum absolute atomic E-state index is 0.0385. The van der Waals surface area contributed by atoms with Crippen molar-refractivity contribution in [1.29, 1.82) is 0 Å². The number of methoxy groups -OCH3 is 1. The Morgan fingerprint density at radius 3 is 2.52 bits per heavy atom. The van der Waals surface area contributed by atoms with E-state index in [1.165, 1.54) is 6.08 Å². The molecular formula is C21H24N2O4. The van der Waals surface area contributed by atoms with E-state index >= 15 is 0 Å². The molecule has 0 aromatic heterocycles. The molecule has 6 nitrogen and oxygen atoms in total. The number of carbonyl (C=O) groups excluding carboxylic acids is 2. The average molecular weight is 368 g/mol. The highest BCUT2D eigenvalue weighted by molar-refractivity contribution is 6.03. The summed E-state index contributed by atoms with van der Waals surface area (Å²) in [6.45, 7) is 3.88. The summed E-state index contributed by atoms with van der Waals surface area (Å²) in [4.78, 5) is 23.8. The maximum atomic E-state index is 12.1. The second kappa shape index (κ2) is 9.43. The molecule has 2 N–H and O–H groups in total. The number of anilines is 1. The Morgan fingerprint density at radius 1 is 1.07 bits per heavy atom. The molecule has 0 spiro atoms. The Morgan fingerprint density at radius 2 is 1.85 bits per heavy atom. The van der Waals surface area contributed by atoms with E-state index in [1.54, 1.807) is 50.6 Å². The van der Waals surface area contributed by atoms with Crippen molar-refractivity contribution in [3.63, 3.8) is 0 Å². The van der Waals surface area contributed by atoms with E-state index in [0.717, 1.165) is 5.56 Å².